The molecule has 0 radical (unpaired) electrons. The number of piperazine rings is 1. The van der Waals surface area contributed by atoms with Crippen LogP contribution in [0.2, 0.25) is 10.0 Å². The molecule has 3 aromatic carbocycles. The summed E-state index contributed by atoms with van der Waals surface area (Å²) in [6.07, 6.45) is 2.05. The molecule has 42 heavy (non-hydrogen) atoms. The number of aromatic amines is 1. The van der Waals surface area contributed by atoms with Gasteiger partial charge < -0.3 is 15.6 Å². The predicted octanol–water partition coefficient (Wildman–Crippen LogP) is 4.72. The van der Waals surface area contributed by atoms with Crippen LogP contribution in [0.25, 0.3) is 10.9 Å². The maximum absolute atomic E-state index is 14.0. The Balaban J connectivity index is 1.39. The number of fused-ring (bicyclic) bond motifs is 1. The van der Waals surface area contributed by atoms with Crippen molar-refractivity contribution in [1.29, 1.82) is 0 Å². The first-order valence-electron chi connectivity index (χ1n) is 13.9. The Morgan fingerprint density at radius 3 is 2.55 bits per heavy atom. The van der Waals surface area contributed by atoms with Crippen LogP contribution in [-0.4, -0.2) is 64.7 Å². The van der Waals surface area contributed by atoms with E-state index in [0.717, 1.165) is 40.0 Å². The normalized spacial score (nSPS) is 16.2. The zero-order valence-corrected chi connectivity index (χ0v) is 24.8. The lowest BCUT2D eigenvalue weighted by molar-refractivity contribution is -0.147. The molecular weight excluding hydrogens is 573 g/mol. The summed E-state index contributed by atoms with van der Waals surface area (Å²) in [5.41, 5.74) is 3.56. The predicted molar refractivity (Wildman–Crippen MR) is 165 cm³/mol. The van der Waals surface area contributed by atoms with Crippen LogP contribution in [0, 0.1) is 0 Å². The molecule has 2 heterocycles. The molecule has 0 bridgehead atoms. The summed E-state index contributed by atoms with van der Waals surface area (Å²) in [7, 11) is 0. The van der Waals surface area contributed by atoms with Crippen molar-refractivity contribution in [2.75, 3.05) is 26.2 Å². The molecule has 8 nitrogen and oxygen atoms in total. The highest BCUT2D eigenvalue weighted by atomic mass is 35.5. The van der Waals surface area contributed by atoms with Crippen molar-refractivity contribution < 1.29 is 14.4 Å². The van der Waals surface area contributed by atoms with Crippen molar-refractivity contribution in [3.63, 3.8) is 0 Å². The molecule has 2 unspecified atom stereocenters. The van der Waals surface area contributed by atoms with Crippen LogP contribution in [0.3, 0.4) is 0 Å². The van der Waals surface area contributed by atoms with Gasteiger partial charge in [0.1, 0.15) is 6.04 Å². The number of carbonyl (C=O) groups is 3. The summed E-state index contributed by atoms with van der Waals surface area (Å²) in [5.74, 6) is -1.21. The van der Waals surface area contributed by atoms with Crippen LogP contribution in [-0.2, 0) is 27.3 Å². The van der Waals surface area contributed by atoms with Crippen molar-refractivity contribution >= 4 is 51.8 Å². The molecule has 0 spiro atoms. The average Bonchev–Trinajstić information content (AvgIpc) is 3.40. The van der Waals surface area contributed by atoms with Gasteiger partial charge in [0.25, 0.3) is 5.91 Å². The molecule has 0 aliphatic carbocycles. The molecule has 1 aliphatic rings. The molecule has 3 amide bonds. The number of hydrogen-bond acceptors (Lipinski definition) is 5. The van der Waals surface area contributed by atoms with Crippen LogP contribution in [0.5, 0.6) is 0 Å². The van der Waals surface area contributed by atoms with Gasteiger partial charge >= 0.3 is 0 Å². The van der Waals surface area contributed by atoms with Gasteiger partial charge in [0.15, 0.2) is 0 Å². The molecule has 1 aliphatic heterocycles. The molecule has 1 fully saturated rings. The SMILES string of the molecule is CC(=O)N(Cc1ccc(Cl)c(Cl)c1)C(=O)C(Cc1c[nH]c2ccccc12)NC(=O)CN1CCNCC1c1ccccc1. The number of benzene rings is 3. The summed E-state index contributed by atoms with van der Waals surface area (Å²) in [6, 6.07) is 21.9. The molecule has 1 saturated heterocycles. The number of nitrogens with one attached hydrogen (secondary N) is 3. The summed E-state index contributed by atoms with van der Waals surface area (Å²) >= 11 is 12.3. The van der Waals surface area contributed by atoms with Crippen molar-refractivity contribution in [2.24, 2.45) is 0 Å². The van der Waals surface area contributed by atoms with E-state index < -0.39 is 17.9 Å². The quantitative estimate of drug-likeness (QED) is 0.256. The molecule has 2 atom stereocenters. The minimum atomic E-state index is -0.971. The number of carbonyl (C=O) groups excluding carboxylic acids is 3. The molecular formula is C32H33Cl2N5O3. The summed E-state index contributed by atoms with van der Waals surface area (Å²) < 4.78 is 0. The molecule has 3 N–H and O–H groups in total. The molecule has 4 aromatic rings. The van der Waals surface area contributed by atoms with Gasteiger partial charge in [0.05, 0.1) is 23.1 Å². The number of imide groups is 1. The molecule has 0 saturated carbocycles. The van der Waals surface area contributed by atoms with Crippen molar-refractivity contribution in [2.45, 2.75) is 32.0 Å². The largest absolute Gasteiger partial charge is 0.361 e. The fourth-order valence-electron chi connectivity index (χ4n) is 5.44. The highest BCUT2D eigenvalue weighted by Gasteiger charge is 2.31. The maximum atomic E-state index is 14.0. The zero-order chi connectivity index (χ0) is 29.6. The third-order valence-corrected chi connectivity index (χ3v) is 8.33. The lowest BCUT2D eigenvalue weighted by Crippen LogP contribution is -2.54. The molecule has 10 heteroatoms. The first-order valence-corrected chi connectivity index (χ1v) is 14.7. The number of aromatic nitrogens is 1. The van der Waals surface area contributed by atoms with Gasteiger partial charge in [-0.2, -0.15) is 0 Å². The van der Waals surface area contributed by atoms with Crippen LogP contribution >= 0.6 is 23.2 Å². The number of nitrogens with zero attached hydrogens (tertiary/aromatic N) is 2. The summed E-state index contributed by atoms with van der Waals surface area (Å²) in [5, 5.41) is 8.05. The van der Waals surface area contributed by atoms with E-state index >= 15 is 0 Å². The Kier molecular flexibility index (Phi) is 9.59. The standard InChI is InChI=1S/C32H33Cl2N5O3/c1-21(40)39(19-22-11-12-26(33)27(34)15-22)32(42)29(16-24-17-36-28-10-6-5-9-25(24)28)37-31(41)20-38-14-13-35-18-30(38)23-7-3-2-4-8-23/h2-12,15,17,29-30,35-36H,13-14,16,18-20H2,1H3,(H,37,41). The van der Waals surface area contributed by atoms with Crippen LogP contribution in [0.15, 0.2) is 79.0 Å². The zero-order valence-electron chi connectivity index (χ0n) is 23.3. The van der Waals surface area contributed by atoms with E-state index in [1.807, 2.05) is 48.7 Å². The van der Waals surface area contributed by atoms with Crippen molar-refractivity contribution in [3.05, 3.63) is 106 Å². The fourth-order valence-corrected chi connectivity index (χ4v) is 5.76. The Morgan fingerprint density at radius 2 is 1.79 bits per heavy atom. The minimum Gasteiger partial charge on any atom is -0.361 e. The first kappa shape index (κ1) is 29.8. The first-order chi connectivity index (χ1) is 20.3. The van der Waals surface area contributed by atoms with E-state index in [2.05, 4.69) is 32.7 Å². The Labute approximate surface area is 255 Å². The van der Waals surface area contributed by atoms with Gasteiger partial charge in [0, 0.05) is 56.1 Å². The second-order valence-corrected chi connectivity index (χ2v) is 11.3. The van der Waals surface area contributed by atoms with Gasteiger partial charge in [-0.1, -0.05) is 77.8 Å². The minimum absolute atomic E-state index is 0.000807. The third kappa shape index (κ3) is 7.02. The lowest BCUT2D eigenvalue weighted by atomic mass is 10.0. The monoisotopic (exact) mass is 605 g/mol. The maximum Gasteiger partial charge on any atom is 0.252 e. The van der Waals surface area contributed by atoms with Crippen LogP contribution in [0.1, 0.15) is 29.7 Å². The van der Waals surface area contributed by atoms with Crippen molar-refractivity contribution in [1.82, 2.24) is 25.4 Å². The van der Waals surface area contributed by atoms with E-state index in [4.69, 9.17) is 23.2 Å². The van der Waals surface area contributed by atoms with Gasteiger partial charge in [-0.05, 0) is 34.9 Å². The Bertz CT molecular complexity index is 1570. The number of para-hydroxylation sites is 1. The van der Waals surface area contributed by atoms with Crippen LogP contribution < -0.4 is 10.6 Å². The lowest BCUT2D eigenvalue weighted by Gasteiger charge is -2.36. The van der Waals surface area contributed by atoms with Gasteiger partial charge in [0.2, 0.25) is 11.8 Å². The molecule has 1 aromatic heterocycles. The highest BCUT2D eigenvalue weighted by molar-refractivity contribution is 6.42. The van der Waals surface area contributed by atoms with E-state index in [1.54, 1.807) is 18.2 Å². The van der Waals surface area contributed by atoms with E-state index in [1.165, 1.54) is 6.92 Å². The fraction of sp³-hybridized carbons (Fsp3) is 0.281. The van der Waals surface area contributed by atoms with Gasteiger partial charge in [-0.25, -0.2) is 0 Å². The van der Waals surface area contributed by atoms with Gasteiger partial charge in [-0.15, -0.1) is 0 Å². The smallest absolute Gasteiger partial charge is 0.252 e. The van der Waals surface area contributed by atoms with Gasteiger partial charge in [-0.3, -0.25) is 24.2 Å². The molecule has 5 rings (SSSR count). The number of H-pyrrole nitrogens is 1. The summed E-state index contributed by atoms with van der Waals surface area (Å²) in [4.78, 5) is 46.8. The third-order valence-electron chi connectivity index (χ3n) is 7.59. The Morgan fingerprint density at radius 1 is 1.02 bits per heavy atom. The van der Waals surface area contributed by atoms with Crippen molar-refractivity contribution in [3.8, 4) is 0 Å². The van der Waals surface area contributed by atoms with E-state index in [9.17, 15) is 14.4 Å². The van der Waals surface area contributed by atoms with E-state index in [0.29, 0.717) is 22.2 Å². The summed E-state index contributed by atoms with van der Waals surface area (Å²) in [6.45, 7) is 3.62. The number of hydrogen-bond donors (Lipinski definition) is 3. The highest BCUT2D eigenvalue weighted by Crippen LogP contribution is 2.25. The second kappa shape index (κ2) is 13.5. The van der Waals surface area contributed by atoms with Crippen LogP contribution in [0.4, 0.5) is 0 Å². The number of halogens is 2. The number of amides is 3. The molecule has 218 valence electrons. The average molecular weight is 607 g/mol. The number of rotatable bonds is 9. The van der Waals surface area contributed by atoms with E-state index in [-0.39, 0.29) is 31.5 Å². The topological polar surface area (TPSA) is 97.5 Å². The Hall–Kier alpha value is -3.69. The second-order valence-electron chi connectivity index (χ2n) is 10.5.